The van der Waals surface area contributed by atoms with Gasteiger partial charge in [0.05, 0.1) is 18.5 Å². The van der Waals surface area contributed by atoms with Gasteiger partial charge in [-0.3, -0.25) is 9.59 Å². The predicted octanol–water partition coefficient (Wildman–Crippen LogP) is 2.79. The van der Waals surface area contributed by atoms with E-state index >= 15 is 0 Å². The number of nitrogens with zero attached hydrogens (tertiary/aromatic N) is 3. The van der Waals surface area contributed by atoms with E-state index in [1.807, 2.05) is 31.3 Å². The number of hydrogen-bond acceptors (Lipinski definition) is 5. The number of benzene rings is 2. The van der Waals surface area contributed by atoms with Crippen LogP contribution in [-0.2, 0) is 6.42 Å². The van der Waals surface area contributed by atoms with Gasteiger partial charge in [-0.05, 0) is 68.3 Å². The number of nitrogens with one attached hydrogen (secondary N) is 3. The summed E-state index contributed by atoms with van der Waals surface area (Å²) in [5.41, 5.74) is 4.29. The van der Waals surface area contributed by atoms with Crippen LogP contribution in [0.5, 0.6) is 5.75 Å². The second-order valence-corrected chi connectivity index (χ2v) is 7.57. The summed E-state index contributed by atoms with van der Waals surface area (Å²) in [4.78, 5) is 27.9. The molecule has 0 spiro atoms. The molecule has 4 rings (SSSR count). The summed E-state index contributed by atoms with van der Waals surface area (Å²) in [7, 11) is 1.64. The maximum Gasteiger partial charge on any atom is 0.273 e. The normalized spacial score (nSPS) is 10.9. The third-order valence-corrected chi connectivity index (χ3v) is 5.48. The molecule has 0 aliphatic carbocycles. The molecule has 0 aliphatic rings. The Morgan fingerprint density at radius 2 is 1.88 bits per heavy atom. The van der Waals surface area contributed by atoms with Crippen LogP contribution in [0.25, 0.3) is 16.6 Å². The van der Waals surface area contributed by atoms with Crippen molar-refractivity contribution in [2.24, 2.45) is 0 Å². The van der Waals surface area contributed by atoms with Crippen LogP contribution in [0.4, 0.5) is 0 Å². The van der Waals surface area contributed by atoms with Gasteiger partial charge >= 0.3 is 0 Å². The monoisotopic (exact) mass is 446 g/mol. The third kappa shape index (κ3) is 4.57. The number of ether oxygens (including phenoxy) is 1. The molecular formula is C24H26N6O3. The number of aromatic nitrogens is 4. The molecule has 0 atom stereocenters. The Hall–Kier alpha value is -4.14. The average Bonchev–Trinajstić information content (AvgIpc) is 3.42. The van der Waals surface area contributed by atoms with E-state index in [-0.39, 0.29) is 17.5 Å². The highest BCUT2D eigenvalue weighted by atomic mass is 16.5. The summed E-state index contributed by atoms with van der Waals surface area (Å²) >= 11 is 0. The number of fused-ring (bicyclic) bond motifs is 1. The van der Waals surface area contributed by atoms with Gasteiger partial charge in [-0.1, -0.05) is 5.21 Å². The lowest BCUT2D eigenvalue weighted by molar-refractivity contribution is 0.0943. The van der Waals surface area contributed by atoms with Crippen LogP contribution in [0.3, 0.4) is 0 Å². The Bertz CT molecular complexity index is 1290. The summed E-state index contributed by atoms with van der Waals surface area (Å²) < 4.78 is 6.89. The molecule has 0 saturated carbocycles. The maximum atomic E-state index is 12.7. The molecule has 2 aromatic carbocycles. The Labute approximate surface area is 191 Å². The lowest BCUT2D eigenvalue weighted by Crippen LogP contribution is -2.26. The molecule has 0 radical (unpaired) electrons. The fourth-order valence-corrected chi connectivity index (χ4v) is 3.69. The molecule has 170 valence electrons. The van der Waals surface area contributed by atoms with E-state index in [0.717, 1.165) is 27.9 Å². The molecule has 2 heterocycles. The predicted molar refractivity (Wildman–Crippen MR) is 125 cm³/mol. The van der Waals surface area contributed by atoms with Crippen molar-refractivity contribution in [3.63, 3.8) is 0 Å². The first kappa shape index (κ1) is 22.1. The SMILES string of the molecule is CCNC(=O)c1ccc(-n2nnc(C(=O)NCCc3c[nH]c4ccc(OC)cc34)c2C)cc1. The average molecular weight is 447 g/mol. The molecule has 0 bridgehead atoms. The fourth-order valence-electron chi connectivity index (χ4n) is 3.69. The van der Waals surface area contributed by atoms with Gasteiger partial charge in [-0.25, -0.2) is 4.68 Å². The molecule has 3 N–H and O–H groups in total. The summed E-state index contributed by atoms with van der Waals surface area (Å²) in [5.74, 6) is 0.377. The number of rotatable bonds is 8. The third-order valence-electron chi connectivity index (χ3n) is 5.48. The first-order chi connectivity index (χ1) is 16.0. The van der Waals surface area contributed by atoms with Crippen molar-refractivity contribution in [2.45, 2.75) is 20.3 Å². The van der Waals surface area contributed by atoms with Gasteiger partial charge in [-0.2, -0.15) is 0 Å². The van der Waals surface area contributed by atoms with Gasteiger partial charge in [-0.15, -0.1) is 5.10 Å². The molecule has 9 heteroatoms. The van der Waals surface area contributed by atoms with E-state index in [9.17, 15) is 9.59 Å². The second kappa shape index (κ2) is 9.56. The van der Waals surface area contributed by atoms with Crippen LogP contribution >= 0.6 is 0 Å². The summed E-state index contributed by atoms with van der Waals surface area (Å²) in [5, 5.41) is 14.9. The van der Waals surface area contributed by atoms with E-state index in [4.69, 9.17) is 4.74 Å². The van der Waals surface area contributed by atoms with E-state index in [1.54, 1.807) is 43.0 Å². The minimum absolute atomic E-state index is 0.131. The summed E-state index contributed by atoms with van der Waals surface area (Å²) in [6.07, 6.45) is 2.61. The Morgan fingerprint density at radius 1 is 1.09 bits per heavy atom. The lowest BCUT2D eigenvalue weighted by Gasteiger charge is -2.07. The Balaban J connectivity index is 1.41. The van der Waals surface area contributed by atoms with Crippen LogP contribution in [-0.4, -0.2) is 52.0 Å². The van der Waals surface area contributed by atoms with Crippen molar-refractivity contribution in [3.05, 3.63) is 71.2 Å². The van der Waals surface area contributed by atoms with Gasteiger partial charge in [0.25, 0.3) is 11.8 Å². The highest BCUT2D eigenvalue weighted by molar-refractivity contribution is 5.94. The number of H-pyrrole nitrogens is 1. The van der Waals surface area contributed by atoms with Crippen LogP contribution in [0.15, 0.2) is 48.7 Å². The molecule has 4 aromatic rings. The van der Waals surface area contributed by atoms with Gasteiger partial charge in [0.2, 0.25) is 0 Å². The molecule has 0 saturated heterocycles. The topological polar surface area (TPSA) is 114 Å². The molecule has 9 nitrogen and oxygen atoms in total. The smallest absolute Gasteiger partial charge is 0.273 e. The molecular weight excluding hydrogens is 420 g/mol. The molecule has 2 amide bonds. The van der Waals surface area contributed by atoms with Crippen molar-refractivity contribution < 1.29 is 14.3 Å². The van der Waals surface area contributed by atoms with Crippen LogP contribution in [0, 0.1) is 6.92 Å². The van der Waals surface area contributed by atoms with Crippen molar-refractivity contribution in [1.29, 1.82) is 0 Å². The lowest BCUT2D eigenvalue weighted by atomic mass is 10.1. The molecule has 2 aromatic heterocycles. The first-order valence-electron chi connectivity index (χ1n) is 10.7. The quantitative estimate of drug-likeness (QED) is 0.385. The van der Waals surface area contributed by atoms with Crippen LogP contribution in [0.1, 0.15) is 39.0 Å². The van der Waals surface area contributed by atoms with Gasteiger partial charge in [0.1, 0.15) is 5.75 Å². The number of amides is 2. The van der Waals surface area contributed by atoms with Crippen molar-refractivity contribution in [3.8, 4) is 11.4 Å². The number of carbonyl (C=O) groups is 2. The van der Waals surface area contributed by atoms with E-state index < -0.39 is 0 Å². The number of aromatic amines is 1. The first-order valence-corrected chi connectivity index (χ1v) is 10.7. The standard InChI is InChI=1S/C24H26N6O3/c1-4-25-23(31)16-5-7-18(8-6-16)30-15(2)22(28-29-30)24(32)26-12-11-17-14-27-21-10-9-19(33-3)13-20(17)21/h5-10,13-14,27H,4,11-12H2,1-3H3,(H,25,31)(H,26,32). The maximum absolute atomic E-state index is 12.7. The Morgan fingerprint density at radius 3 is 2.61 bits per heavy atom. The zero-order valence-corrected chi connectivity index (χ0v) is 18.8. The Kier molecular flexibility index (Phi) is 6.39. The highest BCUT2D eigenvalue weighted by Gasteiger charge is 2.17. The minimum atomic E-state index is -0.282. The molecule has 33 heavy (non-hydrogen) atoms. The molecule has 0 fully saturated rings. The zero-order valence-electron chi connectivity index (χ0n) is 18.8. The second-order valence-electron chi connectivity index (χ2n) is 7.57. The number of carbonyl (C=O) groups excluding carboxylic acids is 2. The van der Waals surface area contributed by atoms with Crippen molar-refractivity contribution in [2.75, 3.05) is 20.2 Å². The van der Waals surface area contributed by atoms with Gasteiger partial charge in [0, 0.05) is 35.8 Å². The summed E-state index contributed by atoms with van der Waals surface area (Å²) in [6, 6.07) is 12.9. The molecule has 0 aliphatic heterocycles. The van der Waals surface area contributed by atoms with Gasteiger partial charge < -0.3 is 20.4 Å². The fraction of sp³-hybridized carbons (Fsp3) is 0.250. The molecule has 0 unspecified atom stereocenters. The van der Waals surface area contributed by atoms with Crippen LogP contribution < -0.4 is 15.4 Å². The van der Waals surface area contributed by atoms with Crippen LogP contribution in [0.2, 0.25) is 0 Å². The minimum Gasteiger partial charge on any atom is -0.497 e. The van der Waals surface area contributed by atoms with Crippen molar-refractivity contribution in [1.82, 2.24) is 30.6 Å². The van der Waals surface area contributed by atoms with Gasteiger partial charge in [0.15, 0.2) is 5.69 Å². The highest BCUT2D eigenvalue weighted by Crippen LogP contribution is 2.23. The summed E-state index contributed by atoms with van der Waals surface area (Å²) in [6.45, 7) is 4.68. The van der Waals surface area contributed by atoms with E-state index in [1.165, 1.54) is 0 Å². The van der Waals surface area contributed by atoms with E-state index in [2.05, 4.69) is 25.9 Å². The zero-order chi connectivity index (χ0) is 23.4. The largest absolute Gasteiger partial charge is 0.497 e. The number of hydrogen-bond donors (Lipinski definition) is 3. The van der Waals surface area contributed by atoms with Crippen molar-refractivity contribution >= 4 is 22.7 Å². The van der Waals surface area contributed by atoms with E-state index in [0.29, 0.717) is 30.8 Å². The number of methoxy groups -OCH3 is 1.